The summed E-state index contributed by atoms with van der Waals surface area (Å²) in [5, 5.41) is 9.17. The molecule has 0 radical (unpaired) electrons. The number of rotatable bonds is 5. The first-order chi connectivity index (χ1) is 9.45. The normalized spacial score (nSPS) is 17.1. The highest BCUT2D eigenvalue weighted by atomic mass is 35.5. The largest absolute Gasteiger partial charge is 0.612 e. The Morgan fingerprint density at radius 3 is 2.60 bits per heavy atom. The van der Waals surface area contributed by atoms with Crippen LogP contribution in [-0.2, 0) is 16.0 Å². The number of carbonyl (C=O) groups excluding carboxylic acids is 2. The number of benzene rings is 1. The van der Waals surface area contributed by atoms with E-state index in [1.807, 2.05) is 0 Å². The summed E-state index contributed by atoms with van der Waals surface area (Å²) in [6.45, 7) is 0. The number of nitriles is 1. The molecule has 0 spiro atoms. The zero-order valence-corrected chi connectivity index (χ0v) is 12.3. The van der Waals surface area contributed by atoms with Crippen LogP contribution in [0.5, 0.6) is 0 Å². The van der Waals surface area contributed by atoms with E-state index in [0.717, 1.165) is 12.8 Å². The van der Waals surface area contributed by atoms with Crippen LogP contribution >= 0.6 is 11.6 Å². The van der Waals surface area contributed by atoms with Crippen molar-refractivity contribution in [1.82, 2.24) is 0 Å². The van der Waals surface area contributed by atoms with Crippen molar-refractivity contribution in [3.05, 3.63) is 28.8 Å². The van der Waals surface area contributed by atoms with Gasteiger partial charge < -0.3 is 4.55 Å². The highest BCUT2D eigenvalue weighted by molar-refractivity contribution is 7.90. The van der Waals surface area contributed by atoms with Gasteiger partial charge in [-0.1, -0.05) is 11.6 Å². The minimum Gasteiger partial charge on any atom is -0.612 e. The van der Waals surface area contributed by atoms with E-state index in [4.69, 9.17) is 16.9 Å². The highest BCUT2D eigenvalue weighted by Gasteiger charge is 2.39. The van der Waals surface area contributed by atoms with Crippen LogP contribution in [0, 0.1) is 23.2 Å². The lowest BCUT2D eigenvalue weighted by Crippen LogP contribution is -2.24. The second-order valence-corrected chi connectivity index (χ2v) is 6.49. The quantitative estimate of drug-likeness (QED) is 0.475. The van der Waals surface area contributed by atoms with Gasteiger partial charge in [-0.3, -0.25) is 9.59 Å². The molecule has 2 unspecified atom stereocenters. The van der Waals surface area contributed by atoms with Crippen LogP contribution in [0.1, 0.15) is 23.2 Å². The molecule has 4 nitrogen and oxygen atoms in total. The van der Waals surface area contributed by atoms with Gasteiger partial charge in [0.05, 0.1) is 11.1 Å². The molecule has 104 valence electrons. The molecule has 20 heavy (non-hydrogen) atoms. The molecule has 2 atom stereocenters. The average molecular weight is 310 g/mol. The van der Waals surface area contributed by atoms with Crippen molar-refractivity contribution in [3.8, 4) is 6.07 Å². The van der Waals surface area contributed by atoms with Gasteiger partial charge in [-0.15, -0.1) is 0 Å². The van der Waals surface area contributed by atoms with Crippen molar-refractivity contribution in [2.45, 2.75) is 17.7 Å². The Balaban J connectivity index is 2.28. The fourth-order valence-corrected chi connectivity index (χ4v) is 2.77. The summed E-state index contributed by atoms with van der Waals surface area (Å²) in [4.78, 5) is 24.6. The molecule has 1 aliphatic carbocycles. The zero-order valence-electron chi connectivity index (χ0n) is 10.8. The molecule has 2 rings (SSSR count). The Morgan fingerprint density at radius 1 is 1.50 bits per heavy atom. The maximum absolute atomic E-state index is 12.2. The number of nitrogens with zero attached hydrogens (tertiary/aromatic N) is 1. The Morgan fingerprint density at radius 2 is 2.15 bits per heavy atom. The lowest BCUT2D eigenvalue weighted by atomic mass is 9.92. The van der Waals surface area contributed by atoms with Gasteiger partial charge in [0, 0.05) is 17.5 Å². The summed E-state index contributed by atoms with van der Waals surface area (Å²) in [5.74, 6) is -2.36. The minimum absolute atomic E-state index is 0.117. The molecular weight excluding hydrogens is 298 g/mol. The molecular formula is C14H12ClNO3S. The Bertz CT molecular complexity index is 605. The molecule has 1 fully saturated rings. The summed E-state index contributed by atoms with van der Waals surface area (Å²) in [6, 6.07) is 6.14. The number of carbonyl (C=O) groups is 2. The third-order valence-corrected chi connectivity index (χ3v) is 4.42. The number of hydrogen-bond donors (Lipinski definition) is 0. The van der Waals surface area contributed by atoms with E-state index < -0.39 is 22.9 Å². The van der Waals surface area contributed by atoms with Crippen molar-refractivity contribution in [1.29, 1.82) is 5.26 Å². The van der Waals surface area contributed by atoms with Gasteiger partial charge in [-0.05, 0) is 36.2 Å². The van der Waals surface area contributed by atoms with Crippen molar-refractivity contribution in [3.63, 3.8) is 0 Å². The summed E-state index contributed by atoms with van der Waals surface area (Å²) in [7, 11) is 0. The minimum atomic E-state index is -1.29. The van der Waals surface area contributed by atoms with Gasteiger partial charge in [0.2, 0.25) is 0 Å². The van der Waals surface area contributed by atoms with E-state index in [9.17, 15) is 14.1 Å². The summed E-state index contributed by atoms with van der Waals surface area (Å²) >= 11 is 4.79. The topological polar surface area (TPSA) is 81.0 Å². The molecule has 1 aliphatic rings. The lowest BCUT2D eigenvalue weighted by Gasteiger charge is -2.10. The van der Waals surface area contributed by atoms with Crippen LogP contribution in [0.25, 0.3) is 0 Å². The summed E-state index contributed by atoms with van der Waals surface area (Å²) in [6.07, 6.45) is 2.99. The first-order valence-corrected chi connectivity index (χ1v) is 8.00. The van der Waals surface area contributed by atoms with Crippen LogP contribution in [0.15, 0.2) is 23.1 Å². The maximum Gasteiger partial charge on any atom is 0.189 e. The smallest absolute Gasteiger partial charge is 0.189 e. The SMILES string of the molecule is C[S+]([O-])c1ccc(C(=O)C(C#N)C(=O)C2CC2)c(Cl)c1. The van der Waals surface area contributed by atoms with E-state index in [2.05, 4.69) is 0 Å². The molecule has 0 aliphatic heterocycles. The average Bonchev–Trinajstić information content (AvgIpc) is 3.23. The fourth-order valence-electron chi connectivity index (χ4n) is 1.88. The fraction of sp³-hybridized carbons (Fsp3) is 0.357. The van der Waals surface area contributed by atoms with Gasteiger partial charge in [-0.2, -0.15) is 5.26 Å². The van der Waals surface area contributed by atoms with Crippen molar-refractivity contribution in [2.75, 3.05) is 6.26 Å². The third kappa shape index (κ3) is 3.04. The monoisotopic (exact) mass is 309 g/mol. The summed E-state index contributed by atoms with van der Waals surface area (Å²) in [5.41, 5.74) is 0.126. The number of ketones is 2. The molecule has 0 aromatic heterocycles. The third-order valence-electron chi connectivity index (χ3n) is 3.19. The second-order valence-electron chi connectivity index (χ2n) is 4.70. The molecule has 0 heterocycles. The van der Waals surface area contributed by atoms with Gasteiger partial charge in [0.15, 0.2) is 22.4 Å². The standard InChI is InChI=1S/C14H12ClNO3S/c1-20(19)9-4-5-10(12(15)6-9)14(18)11(7-16)13(17)8-2-3-8/h4-6,8,11H,2-3H2,1H3. The Hall–Kier alpha value is -1.35. The predicted molar refractivity (Wildman–Crippen MR) is 74.9 cm³/mol. The lowest BCUT2D eigenvalue weighted by molar-refractivity contribution is -0.121. The van der Waals surface area contributed by atoms with E-state index in [0.29, 0.717) is 4.90 Å². The molecule has 6 heteroatoms. The molecule has 1 saturated carbocycles. The molecule has 0 bridgehead atoms. The Labute approximate surface area is 124 Å². The molecule has 1 aromatic carbocycles. The molecule has 0 amide bonds. The van der Waals surface area contributed by atoms with Crippen LogP contribution in [0.2, 0.25) is 5.02 Å². The number of hydrogen-bond acceptors (Lipinski definition) is 4. The molecule has 1 aromatic rings. The predicted octanol–water partition coefficient (Wildman–Crippen LogP) is 2.38. The number of halogens is 1. The first-order valence-electron chi connectivity index (χ1n) is 6.06. The van der Waals surface area contributed by atoms with E-state index in [1.54, 1.807) is 6.07 Å². The van der Waals surface area contributed by atoms with Crippen LogP contribution in [-0.4, -0.2) is 22.4 Å². The van der Waals surface area contributed by atoms with Gasteiger partial charge >= 0.3 is 0 Å². The van der Waals surface area contributed by atoms with Gasteiger partial charge in [0.25, 0.3) is 0 Å². The first kappa shape index (κ1) is 15.0. The second kappa shape index (κ2) is 5.96. The zero-order chi connectivity index (χ0) is 14.9. The van der Waals surface area contributed by atoms with E-state index >= 15 is 0 Å². The van der Waals surface area contributed by atoms with E-state index in [-0.39, 0.29) is 22.3 Å². The highest BCUT2D eigenvalue weighted by Crippen LogP contribution is 2.34. The van der Waals surface area contributed by atoms with Crippen molar-refractivity contribution in [2.24, 2.45) is 11.8 Å². The molecule has 0 saturated heterocycles. The summed E-state index contributed by atoms with van der Waals surface area (Å²) < 4.78 is 11.3. The number of Topliss-reactive ketones (excluding diaryl/α,β-unsaturated/α-hetero) is 2. The Kier molecular flexibility index (Phi) is 4.48. The maximum atomic E-state index is 12.2. The van der Waals surface area contributed by atoms with Crippen LogP contribution in [0.3, 0.4) is 0 Å². The van der Waals surface area contributed by atoms with Gasteiger partial charge in [0.1, 0.15) is 6.26 Å². The van der Waals surface area contributed by atoms with Crippen molar-refractivity contribution >= 4 is 34.3 Å². The van der Waals surface area contributed by atoms with Crippen LogP contribution in [0.4, 0.5) is 0 Å². The van der Waals surface area contributed by atoms with Crippen molar-refractivity contribution < 1.29 is 14.1 Å². The van der Waals surface area contributed by atoms with E-state index in [1.165, 1.54) is 24.5 Å². The van der Waals surface area contributed by atoms with Gasteiger partial charge in [-0.25, -0.2) is 0 Å². The molecule has 0 N–H and O–H groups in total. The van der Waals surface area contributed by atoms with Crippen LogP contribution < -0.4 is 0 Å².